The summed E-state index contributed by atoms with van der Waals surface area (Å²) in [4.78, 5) is 0. The van der Waals surface area contributed by atoms with Crippen molar-refractivity contribution in [2.24, 2.45) is 0 Å². The molecule has 1 nitrogen and oxygen atoms in total. The van der Waals surface area contributed by atoms with Crippen LogP contribution < -0.4 is 0 Å². The summed E-state index contributed by atoms with van der Waals surface area (Å²) in [7, 11) is -3.02. The Kier molecular flexibility index (Phi) is 3.28. The molecule has 0 aliphatic carbocycles. The third kappa shape index (κ3) is 1.96. The lowest BCUT2D eigenvalue weighted by Gasteiger charge is -2.50. The molecule has 1 aliphatic heterocycles. The lowest BCUT2D eigenvalue weighted by Crippen LogP contribution is -2.65. The molecule has 1 heterocycles. The molecule has 1 unspecified atom stereocenters. The van der Waals surface area contributed by atoms with Crippen molar-refractivity contribution >= 4 is 15.4 Å². The lowest BCUT2D eigenvalue weighted by molar-refractivity contribution is 0.158. The highest BCUT2D eigenvalue weighted by molar-refractivity contribution is 7.40. The van der Waals surface area contributed by atoms with Crippen molar-refractivity contribution in [3.05, 3.63) is 37.6 Å². The van der Waals surface area contributed by atoms with Crippen molar-refractivity contribution in [1.29, 1.82) is 0 Å². The van der Waals surface area contributed by atoms with Crippen LogP contribution in [0.15, 0.2) is 37.6 Å². The molecular weight excluding hydrogens is 216 g/mol. The van der Waals surface area contributed by atoms with E-state index in [2.05, 4.69) is 45.1 Å². The SMILES string of the molecule is C=CC1(C=C)CC[Si](C)(C)[Si](C)(C=C)O1. The largest absolute Gasteiger partial charge is 0.404 e. The van der Waals surface area contributed by atoms with Gasteiger partial charge in [-0.1, -0.05) is 50.1 Å². The molecule has 3 heteroatoms. The summed E-state index contributed by atoms with van der Waals surface area (Å²) in [6, 6.07) is 1.28. The molecular formula is C12H22OSi2. The van der Waals surface area contributed by atoms with E-state index < -0.39 is 15.4 Å². The third-order valence-electron chi connectivity index (χ3n) is 3.97. The first-order chi connectivity index (χ1) is 6.85. The Morgan fingerprint density at radius 1 is 1.13 bits per heavy atom. The zero-order valence-electron chi connectivity index (χ0n) is 10.2. The number of rotatable bonds is 3. The molecule has 1 rings (SSSR count). The van der Waals surface area contributed by atoms with Gasteiger partial charge in [0.2, 0.25) is 7.83 Å². The Morgan fingerprint density at radius 2 is 1.67 bits per heavy atom. The van der Waals surface area contributed by atoms with E-state index >= 15 is 0 Å². The Bertz CT molecular complexity index is 288. The molecule has 15 heavy (non-hydrogen) atoms. The highest BCUT2D eigenvalue weighted by Crippen LogP contribution is 2.40. The predicted octanol–water partition coefficient (Wildman–Crippen LogP) is 3.60. The van der Waals surface area contributed by atoms with E-state index in [-0.39, 0.29) is 5.60 Å². The van der Waals surface area contributed by atoms with E-state index in [0.717, 1.165) is 6.42 Å². The van der Waals surface area contributed by atoms with Gasteiger partial charge in [0.1, 0.15) is 0 Å². The molecule has 0 aromatic heterocycles. The van der Waals surface area contributed by atoms with Crippen LogP contribution >= 0.6 is 0 Å². The first-order valence-electron chi connectivity index (χ1n) is 5.46. The van der Waals surface area contributed by atoms with E-state index in [1.165, 1.54) is 6.04 Å². The molecule has 0 spiro atoms. The van der Waals surface area contributed by atoms with Crippen molar-refractivity contribution in [3.63, 3.8) is 0 Å². The Balaban J connectivity index is 3.08. The van der Waals surface area contributed by atoms with E-state index in [4.69, 9.17) is 4.43 Å². The van der Waals surface area contributed by atoms with Crippen molar-refractivity contribution in [2.75, 3.05) is 0 Å². The molecule has 0 amide bonds. The molecule has 0 bridgehead atoms. The minimum absolute atomic E-state index is 0.294. The molecule has 1 saturated heterocycles. The first kappa shape index (κ1) is 12.7. The monoisotopic (exact) mass is 238 g/mol. The molecule has 84 valence electrons. The van der Waals surface area contributed by atoms with Crippen molar-refractivity contribution < 1.29 is 4.43 Å². The topological polar surface area (TPSA) is 9.23 Å². The fourth-order valence-corrected chi connectivity index (χ4v) is 10.4. The second kappa shape index (κ2) is 3.88. The van der Waals surface area contributed by atoms with Crippen LogP contribution in [0.3, 0.4) is 0 Å². The van der Waals surface area contributed by atoms with Gasteiger partial charge in [0.25, 0.3) is 0 Å². The predicted molar refractivity (Wildman–Crippen MR) is 72.9 cm³/mol. The third-order valence-corrected chi connectivity index (χ3v) is 19.5. The maximum atomic E-state index is 6.37. The van der Waals surface area contributed by atoms with Gasteiger partial charge in [-0.15, -0.1) is 6.58 Å². The van der Waals surface area contributed by atoms with E-state index in [0.29, 0.717) is 0 Å². The van der Waals surface area contributed by atoms with Crippen LogP contribution in [0.2, 0.25) is 25.7 Å². The lowest BCUT2D eigenvalue weighted by atomic mass is 10.0. The fraction of sp³-hybridized carbons (Fsp3) is 0.500. The van der Waals surface area contributed by atoms with Crippen LogP contribution in [-0.2, 0) is 4.43 Å². The summed E-state index contributed by atoms with van der Waals surface area (Å²) >= 11 is 0. The molecule has 1 fully saturated rings. The zero-order valence-corrected chi connectivity index (χ0v) is 12.2. The van der Waals surface area contributed by atoms with Gasteiger partial charge in [0.05, 0.1) is 13.2 Å². The summed E-state index contributed by atoms with van der Waals surface area (Å²) < 4.78 is 6.37. The van der Waals surface area contributed by atoms with Gasteiger partial charge in [0.15, 0.2) is 0 Å². The maximum absolute atomic E-state index is 6.37. The van der Waals surface area contributed by atoms with Gasteiger partial charge < -0.3 is 4.43 Å². The Labute approximate surface area is 95.5 Å². The zero-order chi connectivity index (χ0) is 11.7. The summed E-state index contributed by atoms with van der Waals surface area (Å²) in [6.45, 7) is 18.9. The molecule has 0 aromatic carbocycles. The maximum Gasteiger partial charge on any atom is 0.200 e. The van der Waals surface area contributed by atoms with Crippen molar-refractivity contribution in [1.82, 2.24) is 0 Å². The van der Waals surface area contributed by atoms with Crippen molar-refractivity contribution in [2.45, 2.75) is 37.7 Å². The normalized spacial score (nSPS) is 33.0. The summed E-state index contributed by atoms with van der Waals surface area (Å²) in [5, 5.41) is 0. The second-order valence-electron chi connectivity index (χ2n) is 5.16. The van der Waals surface area contributed by atoms with Crippen LogP contribution in [0.25, 0.3) is 0 Å². The summed E-state index contributed by atoms with van der Waals surface area (Å²) in [5.74, 6) is 0. The quantitative estimate of drug-likeness (QED) is 0.539. The summed E-state index contributed by atoms with van der Waals surface area (Å²) in [6.07, 6.45) is 4.84. The van der Waals surface area contributed by atoms with Gasteiger partial charge in [-0.05, 0) is 13.0 Å². The number of hydrogen-bond acceptors (Lipinski definition) is 1. The van der Waals surface area contributed by atoms with Gasteiger partial charge in [-0.25, -0.2) is 0 Å². The number of hydrogen-bond donors (Lipinski definition) is 0. The van der Waals surface area contributed by atoms with E-state index in [1.807, 2.05) is 12.2 Å². The van der Waals surface area contributed by atoms with Crippen LogP contribution in [0.4, 0.5) is 0 Å². The van der Waals surface area contributed by atoms with Crippen LogP contribution in [-0.4, -0.2) is 21.0 Å². The molecule has 0 radical (unpaired) electrons. The Morgan fingerprint density at radius 3 is 2.07 bits per heavy atom. The minimum atomic E-state index is -1.76. The van der Waals surface area contributed by atoms with Crippen molar-refractivity contribution in [3.8, 4) is 0 Å². The van der Waals surface area contributed by atoms with E-state index in [1.54, 1.807) is 0 Å². The Hall–Kier alpha value is -0.386. The second-order valence-corrected chi connectivity index (χ2v) is 19.3. The van der Waals surface area contributed by atoms with Gasteiger partial charge in [-0.2, -0.15) is 0 Å². The van der Waals surface area contributed by atoms with Gasteiger partial charge in [-0.3, -0.25) is 0 Å². The van der Waals surface area contributed by atoms with Gasteiger partial charge >= 0.3 is 0 Å². The summed E-state index contributed by atoms with van der Waals surface area (Å²) in [5.41, 5.74) is 1.80. The van der Waals surface area contributed by atoms with Crippen LogP contribution in [0.1, 0.15) is 6.42 Å². The molecule has 1 atom stereocenters. The van der Waals surface area contributed by atoms with Gasteiger partial charge in [0, 0.05) is 0 Å². The fourth-order valence-electron chi connectivity index (χ4n) is 2.03. The van der Waals surface area contributed by atoms with Crippen LogP contribution in [0, 0.1) is 0 Å². The molecule has 0 saturated carbocycles. The average molecular weight is 238 g/mol. The molecule has 0 aromatic rings. The average Bonchev–Trinajstić information content (AvgIpc) is 2.23. The minimum Gasteiger partial charge on any atom is -0.404 e. The first-order valence-corrected chi connectivity index (χ1v) is 12.1. The molecule has 1 aliphatic rings. The highest BCUT2D eigenvalue weighted by Gasteiger charge is 2.52. The highest BCUT2D eigenvalue weighted by atomic mass is 29.3. The smallest absolute Gasteiger partial charge is 0.200 e. The standard InChI is InChI=1S/C12H22OSi2/c1-7-12(8-2)10-11-14(4,5)15(6,9-3)13-12/h7-9H,1-3,10-11H2,4-6H3. The van der Waals surface area contributed by atoms with Crippen LogP contribution in [0.5, 0.6) is 0 Å². The van der Waals surface area contributed by atoms with E-state index in [9.17, 15) is 0 Å². The molecule has 0 N–H and O–H groups in total.